The maximum Gasteiger partial charge on any atom is 0.232 e. The van der Waals surface area contributed by atoms with Crippen LogP contribution >= 0.6 is 7.14 Å². The standard InChI is InChI=1S/C24H31O5P/c1-9-30(27,22(25)19-11-10-18(28-7)14-20(19)29-8)23(26)21-15(2)12-17(13-16(21)3)24(4,5)6/h10-14H,9H2,1-8H3. The lowest BCUT2D eigenvalue weighted by Crippen LogP contribution is -2.17. The van der Waals surface area contributed by atoms with Crippen LogP contribution in [0.3, 0.4) is 0 Å². The Bertz CT molecular complexity index is 1010. The van der Waals surface area contributed by atoms with Gasteiger partial charge in [0.2, 0.25) is 18.2 Å². The fourth-order valence-electron chi connectivity index (χ4n) is 3.46. The Labute approximate surface area is 179 Å². The number of aryl methyl sites for hydroxylation is 2. The van der Waals surface area contributed by atoms with Crippen LogP contribution in [0.25, 0.3) is 0 Å². The van der Waals surface area contributed by atoms with Gasteiger partial charge in [-0.05, 0) is 48.1 Å². The molecule has 0 amide bonds. The van der Waals surface area contributed by atoms with Gasteiger partial charge in [0.1, 0.15) is 11.5 Å². The van der Waals surface area contributed by atoms with Gasteiger partial charge < -0.3 is 14.0 Å². The zero-order chi connectivity index (χ0) is 22.9. The van der Waals surface area contributed by atoms with Crippen molar-refractivity contribution in [2.24, 2.45) is 0 Å². The highest BCUT2D eigenvalue weighted by atomic mass is 31.2. The van der Waals surface area contributed by atoms with E-state index in [0.717, 1.165) is 16.7 Å². The molecule has 6 heteroatoms. The molecule has 0 aliphatic carbocycles. The molecule has 5 nitrogen and oxygen atoms in total. The molecule has 30 heavy (non-hydrogen) atoms. The lowest BCUT2D eigenvalue weighted by molar-refractivity contribution is 0.103. The van der Waals surface area contributed by atoms with Gasteiger partial charge in [0.15, 0.2) is 0 Å². The maximum absolute atomic E-state index is 13.8. The van der Waals surface area contributed by atoms with Crippen LogP contribution in [0.2, 0.25) is 0 Å². The Morgan fingerprint density at radius 1 is 0.933 bits per heavy atom. The first-order chi connectivity index (χ1) is 13.9. The molecule has 0 N–H and O–H groups in total. The molecular formula is C24H31O5P. The quantitative estimate of drug-likeness (QED) is 0.505. The third-order valence-electron chi connectivity index (χ3n) is 5.35. The first kappa shape index (κ1) is 23.9. The van der Waals surface area contributed by atoms with Gasteiger partial charge in [-0.15, -0.1) is 0 Å². The SMILES string of the molecule is CCP(=O)(C(=O)c1ccc(OC)cc1OC)C(=O)c1c(C)cc(C(C)(C)C)cc1C. The molecule has 2 aromatic rings. The van der Waals surface area contributed by atoms with E-state index in [1.165, 1.54) is 20.3 Å². The summed E-state index contributed by atoms with van der Waals surface area (Å²) in [7, 11) is -0.974. The van der Waals surface area contributed by atoms with Gasteiger partial charge in [0.05, 0.1) is 19.8 Å². The molecule has 0 saturated heterocycles. The monoisotopic (exact) mass is 430 g/mol. The number of carbonyl (C=O) groups is 2. The van der Waals surface area contributed by atoms with E-state index in [9.17, 15) is 14.2 Å². The van der Waals surface area contributed by atoms with Crippen LogP contribution in [0.5, 0.6) is 11.5 Å². The minimum atomic E-state index is -3.90. The molecule has 0 aliphatic heterocycles. The summed E-state index contributed by atoms with van der Waals surface area (Å²) >= 11 is 0. The fraction of sp³-hybridized carbons (Fsp3) is 0.417. The predicted octanol–water partition coefficient (Wildman–Crippen LogP) is 5.98. The van der Waals surface area contributed by atoms with Crippen molar-refractivity contribution in [2.45, 2.75) is 47.0 Å². The van der Waals surface area contributed by atoms with Gasteiger partial charge in [-0.1, -0.05) is 39.8 Å². The zero-order valence-electron chi connectivity index (χ0n) is 19.1. The summed E-state index contributed by atoms with van der Waals surface area (Å²) in [5.74, 6) is 0.739. The highest BCUT2D eigenvalue weighted by Gasteiger charge is 2.41. The molecule has 0 aliphatic rings. The van der Waals surface area contributed by atoms with E-state index in [4.69, 9.17) is 9.47 Å². The number of ether oxygens (including phenoxy) is 2. The van der Waals surface area contributed by atoms with Crippen molar-refractivity contribution < 1.29 is 23.6 Å². The van der Waals surface area contributed by atoms with E-state index in [1.807, 2.05) is 26.0 Å². The van der Waals surface area contributed by atoms with Gasteiger partial charge in [-0.3, -0.25) is 9.59 Å². The highest BCUT2D eigenvalue weighted by Crippen LogP contribution is 2.53. The average Bonchev–Trinajstić information content (AvgIpc) is 2.70. The van der Waals surface area contributed by atoms with Crippen LogP contribution in [0.1, 0.15) is 65.1 Å². The maximum atomic E-state index is 13.8. The lowest BCUT2D eigenvalue weighted by Gasteiger charge is -2.23. The normalized spacial score (nSPS) is 13.5. The van der Waals surface area contributed by atoms with Crippen LogP contribution < -0.4 is 9.47 Å². The van der Waals surface area contributed by atoms with Gasteiger partial charge in [0, 0.05) is 17.8 Å². The number of hydrogen-bond donors (Lipinski definition) is 0. The van der Waals surface area contributed by atoms with Crippen LogP contribution in [0.4, 0.5) is 0 Å². The molecule has 0 aromatic heterocycles. The molecule has 0 radical (unpaired) electrons. The van der Waals surface area contributed by atoms with Gasteiger partial charge in [-0.2, -0.15) is 0 Å². The van der Waals surface area contributed by atoms with Crippen LogP contribution in [0, 0.1) is 13.8 Å². The number of benzene rings is 2. The number of methoxy groups -OCH3 is 2. The Balaban J connectivity index is 2.60. The molecule has 2 aromatic carbocycles. The smallest absolute Gasteiger partial charge is 0.232 e. The van der Waals surface area contributed by atoms with Crippen molar-refractivity contribution in [1.29, 1.82) is 0 Å². The lowest BCUT2D eigenvalue weighted by atomic mass is 9.84. The Morgan fingerprint density at radius 2 is 1.50 bits per heavy atom. The third-order valence-corrected chi connectivity index (χ3v) is 8.02. The zero-order valence-corrected chi connectivity index (χ0v) is 20.0. The van der Waals surface area contributed by atoms with Crippen molar-refractivity contribution in [2.75, 3.05) is 20.4 Å². The highest BCUT2D eigenvalue weighted by molar-refractivity contribution is 7.95. The second kappa shape index (κ2) is 8.77. The predicted molar refractivity (Wildman–Crippen MR) is 121 cm³/mol. The number of rotatable bonds is 7. The van der Waals surface area contributed by atoms with Gasteiger partial charge in [0.25, 0.3) is 0 Å². The molecule has 0 heterocycles. The Hall–Kier alpha value is -2.39. The van der Waals surface area contributed by atoms with Crippen LogP contribution in [-0.4, -0.2) is 31.4 Å². The second-order valence-corrected chi connectivity index (χ2v) is 11.4. The number of carbonyl (C=O) groups excluding carboxylic acids is 2. The minimum Gasteiger partial charge on any atom is -0.497 e. The van der Waals surface area contributed by atoms with Crippen molar-refractivity contribution in [3.8, 4) is 11.5 Å². The molecule has 1 atom stereocenters. The van der Waals surface area contributed by atoms with E-state index in [2.05, 4.69) is 20.8 Å². The van der Waals surface area contributed by atoms with Gasteiger partial charge >= 0.3 is 0 Å². The minimum absolute atomic E-state index is 0.0558. The number of hydrogen-bond acceptors (Lipinski definition) is 5. The van der Waals surface area contributed by atoms with E-state index in [1.54, 1.807) is 19.1 Å². The van der Waals surface area contributed by atoms with Crippen molar-refractivity contribution in [3.63, 3.8) is 0 Å². The second-order valence-electron chi connectivity index (χ2n) is 8.47. The molecule has 2 rings (SSSR count). The third kappa shape index (κ3) is 4.37. The molecule has 162 valence electrons. The summed E-state index contributed by atoms with van der Waals surface area (Å²) in [6, 6.07) is 8.52. The van der Waals surface area contributed by atoms with Crippen LogP contribution in [0.15, 0.2) is 30.3 Å². The first-order valence-electron chi connectivity index (χ1n) is 9.93. The Kier molecular flexibility index (Phi) is 6.98. The summed E-state index contributed by atoms with van der Waals surface area (Å²) in [6.45, 7) is 11.6. The summed E-state index contributed by atoms with van der Waals surface area (Å²) < 4.78 is 24.3. The summed E-state index contributed by atoms with van der Waals surface area (Å²) in [6.07, 6.45) is -0.0558. The van der Waals surface area contributed by atoms with Crippen LogP contribution in [-0.2, 0) is 9.98 Å². The summed E-state index contributed by atoms with van der Waals surface area (Å²) in [5, 5.41) is 0. The van der Waals surface area contributed by atoms with Crippen molar-refractivity contribution >= 4 is 18.2 Å². The van der Waals surface area contributed by atoms with Crippen molar-refractivity contribution in [1.82, 2.24) is 0 Å². The summed E-state index contributed by atoms with van der Waals surface area (Å²) in [5.41, 5.74) is 1.67. The van der Waals surface area contributed by atoms with Crippen molar-refractivity contribution in [3.05, 3.63) is 58.1 Å². The first-order valence-corrected chi connectivity index (χ1v) is 11.8. The molecular weight excluding hydrogens is 399 g/mol. The molecule has 0 fully saturated rings. The average molecular weight is 430 g/mol. The molecule has 0 spiro atoms. The van der Waals surface area contributed by atoms with E-state index < -0.39 is 18.2 Å². The topological polar surface area (TPSA) is 69.7 Å². The van der Waals surface area contributed by atoms with E-state index >= 15 is 0 Å². The van der Waals surface area contributed by atoms with E-state index in [0.29, 0.717) is 11.3 Å². The van der Waals surface area contributed by atoms with Gasteiger partial charge in [-0.25, -0.2) is 0 Å². The fourth-order valence-corrected chi connectivity index (χ4v) is 5.51. The van der Waals surface area contributed by atoms with E-state index in [-0.39, 0.29) is 22.9 Å². The Morgan fingerprint density at radius 3 is 1.93 bits per heavy atom. The molecule has 0 saturated carbocycles. The summed E-state index contributed by atoms with van der Waals surface area (Å²) in [4.78, 5) is 26.8. The largest absolute Gasteiger partial charge is 0.497 e. The molecule has 1 unspecified atom stereocenters. The molecule has 0 bridgehead atoms.